The van der Waals surface area contributed by atoms with Gasteiger partial charge in [0, 0.05) is 32.7 Å². The molecule has 1 rings (SSSR count). The van der Waals surface area contributed by atoms with Crippen LogP contribution in [-0.2, 0) is 32.7 Å². The first kappa shape index (κ1) is 13.8. The average molecular weight is 357 g/mol. The second-order valence-corrected chi connectivity index (χ2v) is 4.93. The van der Waals surface area contributed by atoms with Crippen molar-refractivity contribution < 1.29 is 37.8 Å². The molecule has 1 saturated carbocycles. The molecule has 0 saturated heterocycles. The third-order valence-electron chi connectivity index (χ3n) is 2.91. The monoisotopic (exact) mass is 357 g/mol. The molecule has 1 N–H and O–H groups in total. The zero-order valence-corrected chi connectivity index (χ0v) is 12.7. The summed E-state index contributed by atoms with van der Waals surface area (Å²) in [7, 11) is 0. The maximum Gasteiger partial charge on any atom is 0.0594 e. The molecule has 3 heteroatoms. The first-order valence-electron chi connectivity index (χ1n) is 4.43. The van der Waals surface area contributed by atoms with Crippen molar-refractivity contribution in [1.29, 1.82) is 0 Å². The molecule has 1 aliphatic rings. The molecular formula is C9H17IOY. The summed E-state index contributed by atoms with van der Waals surface area (Å²) in [6, 6.07) is 0. The molecule has 1 fully saturated rings. The largest absolute Gasteiger partial charge is 0.393 e. The van der Waals surface area contributed by atoms with Crippen molar-refractivity contribution in [2.45, 2.75) is 45.1 Å². The molecule has 0 aliphatic heterocycles. The minimum atomic E-state index is -0.0361. The number of aliphatic hydroxyl groups is 1. The van der Waals surface area contributed by atoms with E-state index >= 15 is 0 Å². The van der Waals surface area contributed by atoms with Crippen LogP contribution in [0.2, 0.25) is 0 Å². The minimum absolute atomic E-state index is 0. The molecule has 0 aromatic heterocycles. The van der Waals surface area contributed by atoms with E-state index < -0.39 is 0 Å². The van der Waals surface area contributed by atoms with Crippen LogP contribution in [0, 0.1) is 5.41 Å². The number of alkyl halides is 1. The third kappa shape index (κ3) is 3.51. The molecule has 1 unspecified atom stereocenters. The van der Waals surface area contributed by atoms with Crippen LogP contribution >= 0.6 is 22.6 Å². The molecule has 1 aliphatic carbocycles. The van der Waals surface area contributed by atoms with Crippen LogP contribution in [0.4, 0.5) is 0 Å². The molecule has 12 heavy (non-hydrogen) atoms. The number of halogens is 1. The Bertz CT molecular complexity index is 126. The van der Waals surface area contributed by atoms with Crippen LogP contribution in [0.15, 0.2) is 0 Å². The van der Waals surface area contributed by atoms with Gasteiger partial charge >= 0.3 is 0 Å². The van der Waals surface area contributed by atoms with Crippen LogP contribution in [0.25, 0.3) is 0 Å². The molecule has 0 amide bonds. The van der Waals surface area contributed by atoms with E-state index in [1.165, 1.54) is 23.7 Å². The van der Waals surface area contributed by atoms with E-state index in [0.29, 0.717) is 0 Å². The quantitative estimate of drug-likeness (QED) is 0.606. The third-order valence-corrected chi connectivity index (χ3v) is 3.67. The van der Waals surface area contributed by atoms with E-state index in [4.69, 9.17) is 0 Å². The fraction of sp³-hybridized carbons (Fsp3) is 1.00. The van der Waals surface area contributed by atoms with Crippen molar-refractivity contribution in [1.82, 2.24) is 0 Å². The van der Waals surface area contributed by atoms with Gasteiger partial charge in [0.05, 0.1) is 6.10 Å². The summed E-state index contributed by atoms with van der Waals surface area (Å²) in [5.41, 5.74) is 0.284. The number of rotatable bonds is 4. The Morgan fingerprint density at radius 3 is 2.42 bits per heavy atom. The van der Waals surface area contributed by atoms with E-state index in [-0.39, 0.29) is 44.2 Å². The van der Waals surface area contributed by atoms with Crippen molar-refractivity contribution in [2.24, 2.45) is 5.41 Å². The first-order chi connectivity index (χ1) is 5.19. The van der Waals surface area contributed by atoms with E-state index in [2.05, 4.69) is 29.5 Å². The summed E-state index contributed by atoms with van der Waals surface area (Å²) < 4.78 is 1.17. The summed E-state index contributed by atoms with van der Waals surface area (Å²) in [6.07, 6.45) is 5.91. The van der Waals surface area contributed by atoms with Gasteiger partial charge in [0.2, 0.25) is 0 Å². The fourth-order valence-corrected chi connectivity index (χ4v) is 2.13. The van der Waals surface area contributed by atoms with Gasteiger partial charge in [-0.3, -0.25) is 0 Å². The Balaban J connectivity index is 0.00000121. The Morgan fingerprint density at radius 1 is 1.50 bits per heavy atom. The molecule has 1 radical (unpaired) electrons. The first-order valence-corrected chi connectivity index (χ1v) is 5.96. The molecular weight excluding hydrogens is 340 g/mol. The predicted molar refractivity (Wildman–Crippen MR) is 56.1 cm³/mol. The van der Waals surface area contributed by atoms with Crippen LogP contribution in [0.5, 0.6) is 0 Å². The van der Waals surface area contributed by atoms with Crippen molar-refractivity contribution in [2.75, 3.05) is 4.43 Å². The van der Waals surface area contributed by atoms with E-state index in [0.717, 1.165) is 12.8 Å². The SMILES string of the molecule is CC1(C(O)CCCI)CCC1.[Y]. The molecule has 1 atom stereocenters. The van der Waals surface area contributed by atoms with E-state index in [9.17, 15) is 5.11 Å². The molecule has 0 aromatic rings. The number of aliphatic hydroxyl groups excluding tert-OH is 1. The van der Waals surface area contributed by atoms with Crippen molar-refractivity contribution in [3.8, 4) is 0 Å². The van der Waals surface area contributed by atoms with Crippen molar-refractivity contribution in [3.05, 3.63) is 0 Å². The van der Waals surface area contributed by atoms with Gasteiger partial charge in [-0.1, -0.05) is 35.9 Å². The minimum Gasteiger partial charge on any atom is -0.393 e. The Labute approximate surface area is 114 Å². The normalized spacial score (nSPS) is 22.2. The van der Waals surface area contributed by atoms with Crippen LogP contribution < -0.4 is 0 Å². The summed E-state index contributed by atoms with van der Waals surface area (Å²) in [5, 5.41) is 9.76. The number of hydrogen-bond acceptors (Lipinski definition) is 1. The Kier molecular flexibility index (Phi) is 7.25. The zero-order chi connectivity index (χ0) is 8.32. The Hall–Kier alpha value is 1.79. The second kappa shape index (κ2) is 6.31. The summed E-state index contributed by atoms with van der Waals surface area (Å²) in [4.78, 5) is 0. The maximum absolute atomic E-state index is 9.76. The van der Waals surface area contributed by atoms with Gasteiger partial charge in [-0.15, -0.1) is 0 Å². The molecule has 0 bridgehead atoms. The van der Waals surface area contributed by atoms with Crippen molar-refractivity contribution >= 4 is 22.6 Å². The van der Waals surface area contributed by atoms with Gasteiger partial charge in [-0.05, 0) is 35.5 Å². The van der Waals surface area contributed by atoms with Crippen LogP contribution in [0.1, 0.15) is 39.0 Å². The topological polar surface area (TPSA) is 20.2 Å². The standard InChI is InChI=1S/C9H17IO.Y/c1-9(5-3-6-9)8(11)4-2-7-10;/h8,11H,2-7H2,1H3;. The molecule has 1 nitrogen and oxygen atoms in total. The second-order valence-electron chi connectivity index (χ2n) is 3.85. The summed E-state index contributed by atoms with van der Waals surface area (Å²) >= 11 is 2.37. The van der Waals surface area contributed by atoms with Gasteiger partial charge in [0.1, 0.15) is 0 Å². The van der Waals surface area contributed by atoms with Gasteiger partial charge in [0.25, 0.3) is 0 Å². The molecule has 0 heterocycles. The predicted octanol–water partition coefficient (Wildman–Crippen LogP) is 2.75. The number of hydrogen-bond donors (Lipinski definition) is 1. The smallest absolute Gasteiger partial charge is 0.0594 e. The molecule has 0 aromatic carbocycles. The van der Waals surface area contributed by atoms with Gasteiger partial charge in [-0.2, -0.15) is 0 Å². The molecule has 69 valence electrons. The summed E-state index contributed by atoms with van der Waals surface area (Å²) in [5.74, 6) is 0. The van der Waals surface area contributed by atoms with E-state index in [1.807, 2.05) is 0 Å². The zero-order valence-electron chi connectivity index (χ0n) is 7.72. The van der Waals surface area contributed by atoms with E-state index in [1.54, 1.807) is 0 Å². The maximum atomic E-state index is 9.76. The fourth-order valence-electron chi connectivity index (χ4n) is 1.69. The average Bonchev–Trinajstić information content (AvgIpc) is 1.95. The van der Waals surface area contributed by atoms with Crippen molar-refractivity contribution in [3.63, 3.8) is 0 Å². The molecule has 0 spiro atoms. The van der Waals surface area contributed by atoms with Gasteiger partial charge < -0.3 is 5.11 Å². The van der Waals surface area contributed by atoms with Crippen LogP contribution in [0.3, 0.4) is 0 Å². The van der Waals surface area contributed by atoms with Crippen LogP contribution in [-0.4, -0.2) is 15.6 Å². The summed E-state index contributed by atoms with van der Waals surface area (Å²) in [6.45, 7) is 2.22. The van der Waals surface area contributed by atoms with Gasteiger partial charge in [-0.25, -0.2) is 0 Å². The van der Waals surface area contributed by atoms with Gasteiger partial charge in [0.15, 0.2) is 0 Å². The Morgan fingerprint density at radius 2 is 2.08 bits per heavy atom.